The predicted molar refractivity (Wildman–Crippen MR) is 84.6 cm³/mol. The first kappa shape index (κ1) is 14.6. The Kier molecular flexibility index (Phi) is 5.77. The fourth-order valence-electron chi connectivity index (χ4n) is 2.56. The van der Waals surface area contributed by atoms with E-state index < -0.39 is 0 Å². The number of hydrogen-bond donors (Lipinski definition) is 0. The number of rotatable bonds is 4. The molecule has 0 radical (unpaired) electrons. The Morgan fingerprint density at radius 3 is 2.61 bits per heavy atom. The van der Waals surface area contributed by atoms with Crippen molar-refractivity contribution in [3.8, 4) is 0 Å². The van der Waals surface area contributed by atoms with Crippen molar-refractivity contribution < 1.29 is 0 Å². The number of hydrogen-bond acceptors (Lipinski definition) is 2. The molecule has 1 saturated carbocycles. The first-order valence-corrected chi connectivity index (χ1v) is 8.48. The summed E-state index contributed by atoms with van der Waals surface area (Å²) in [6.07, 6.45) is 8.35. The van der Waals surface area contributed by atoms with Crippen LogP contribution in [0.1, 0.15) is 32.1 Å². The molecule has 0 aromatic carbocycles. The minimum atomic E-state index is 0.586. The molecule has 1 aromatic heterocycles. The molecule has 18 heavy (non-hydrogen) atoms. The lowest BCUT2D eigenvalue weighted by Gasteiger charge is -2.35. The summed E-state index contributed by atoms with van der Waals surface area (Å²) in [6.45, 7) is 0.861. The van der Waals surface area contributed by atoms with E-state index in [9.17, 15) is 0 Å². The van der Waals surface area contributed by atoms with E-state index in [1.807, 2.05) is 12.3 Å². The van der Waals surface area contributed by atoms with Crippen molar-refractivity contribution in [3.05, 3.63) is 21.2 Å². The van der Waals surface area contributed by atoms with Gasteiger partial charge in [0.2, 0.25) is 0 Å². The van der Waals surface area contributed by atoms with E-state index in [2.05, 4.69) is 41.7 Å². The Morgan fingerprint density at radius 2 is 2.00 bits per heavy atom. The van der Waals surface area contributed by atoms with Crippen molar-refractivity contribution in [3.63, 3.8) is 0 Å². The molecule has 1 aliphatic carbocycles. The number of halogens is 3. The van der Waals surface area contributed by atoms with Gasteiger partial charge < -0.3 is 4.90 Å². The van der Waals surface area contributed by atoms with Gasteiger partial charge in [-0.15, -0.1) is 11.6 Å². The van der Waals surface area contributed by atoms with Crippen LogP contribution in [0.4, 0.5) is 5.82 Å². The molecule has 0 amide bonds. The van der Waals surface area contributed by atoms with Gasteiger partial charge in [0, 0.05) is 29.1 Å². The van der Waals surface area contributed by atoms with Gasteiger partial charge in [-0.3, -0.25) is 0 Å². The summed E-state index contributed by atoms with van der Waals surface area (Å²) >= 11 is 13.0. The quantitative estimate of drug-likeness (QED) is 0.667. The summed E-state index contributed by atoms with van der Waals surface area (Å²) in [5.41, 5.74) is 0. The zero-order chi connectivity index (χ0) is 13.0. The van der Waals surface area contributed by atoms with Crippen LogP contribution in [0.15, 0.2) is 21.2 Å². The van der Waals surface area contributed by atoms with Crippen molar-refractivity contribution in [2.75, 3.05) is 17.3 Å². The molecule has 1 aromatic rings. The highest BCUT2D eigenvalue weighted by Gasteiger charge is 2.23. The lowest BCUT2D eigenvalue weighted by atomic mass is 9.94. The molecular formula is C13H17Br2ClN2. The third kappa shape index (κ3) is 3.61. The van der Waals surface area contributed by atoms with Gasteiger partial charge in [0.25, 0.3) is 0 Å². The zero-order valence-electron chi connectivity index (χ0n) is 10.2. The molecule has 0 unspecified atom stereocenters. The van der Waals surface area contributed by atoms with Crippen molar-refractivity contribution in [1.29, 1.82) is 0 Å². The van der Waals surface area contributed by atoms with Crippen LogP contribution in [0.25, 0.3) is 0 Å². The van der Waals surface area contributed by atoms with Gasteiger partial charge in [-0.2, -0.15) is 0 Å². The summed E-state index contributed by atoms with van der Waals surface area (Å²) in [5, 5.41) is 0. The van der Waals surface area contributed by atoms with E-state index in [1.54, 1.807) is 0 Å². The topological polar surface area (TPSA) is 16.1 Å². The number of nitrogens with zero attached hydrogens (tertiary/aromatic N) is 2. The first-order chi connectivity index (χ1) is 8.72. The monoisotopic (exact) mass is 394 g/mol. The van der Waals surface area contributed by atoms with Crippen LogP contribution < -0.4 is 4.90 Å². The highest BCUT2D eigenvalue weighted by molar-refractivity contribution is 9.11. The maximum absolute atomic E-state index is 5.95. The summed E-state index contributed by atoms with van der Waals surface area (Å²) in [5.74, 6) is 1.66. The summed E-state index contributed by atoms with van der Waals surface area (Å²) in [6, 6.07) is 2.63. The largest absolute Gasteiger partial charge is 0.352 e. The molecule has 2 rings (SSSR count). The van der Waals surface area contributed by atoms with Crippen LogP contribution in [0.5, 0.6) is 0 Å². The van der Waals surface area contributed by atoms with Crippen LogP contribution in [-0.2, 0) is 0 Å². The third-order valence-corrected chi connectivity index (χ3v) is 4.59. The van der Waals surface area contributed by atoms with Gasteiger partial charge in [0.15, 0.2) is 0 Å². The second kappa shape index (κ2) is 7.11. The van der Waals surface area contributed by atoms with Gasteiger partial charge in [-0.1, -0.05) is 19.3 Å². The number of alkyl halides is 1. The standard InChI is InChI=1S/C13H17Br2ClN2/c14-10-8-12(15)13(17-9-10)18(7-6-16)11-4-2-1-3-5-11/h8-9,11H,1-7H2. The molecule has 1 aliphatic rings. The Hall–Kier alpha value is 0.200. The number of pyridine rings is 1. The van der Waals surface area contributed by atoms with Crippen molar-refractivity contribution in [1.82, 2.24) is 4.98 Å². The molecule has 100 valence electrons. The van der Waals surface area contributed by atoms with Gasteiger partial charge in [-0.25, -0.2) is 4.98 Å². The fourth-order valence-corrected chi connectivity index (χ4v) is 3.96. The highest BCUT2D eigenvalue weighted by atomic mass is 79.9. The maximum atomic E-state index is 5.95. The lowest BCUT2D eigenvalue weighted by molar-refractivity contribution is 0.416. The van der Waals surface area contributed by atoms with Gasteiger partial charge >= 0.3 is 0 Å². The van der Waals surface area contributed by atoms with Crippen LogP contribution in [0.2, 0.25) is 0 Å². The molecule has 0 aliphatic heterocycles. The van der Waals surface area contributed by atoms with E-state index >= 15 is 0 Å². The highest BCUT2D eigenvalue weighted by Crippen LogP contribution is 2.32. The Balaban J connectivity index is 2.22. The Morgan fingerprint density at radius 1 is 1.28 bits per heavy atom. The second-order valence-electron chi connectivity index (χ2n) is 4.63. The SMILES string of the molecule is ClCCN(c1ncc(Br)cc1Br)C1CCCCC1. The fraction of sp³-hybridized carbons (Fsp3) is 0.615. The molecular weight excluding hydrogens is 379 g/mol. The molecule has 0 N–H and O–H groups in total. The average Bonchev–Trinajstić information content (AvgIpc) is 2.38. The summed E-state index contributed by atoms with van der Waals surface area (Å²) < 4.78 is 2.03. The maximum Gasteiger partial charge on any atom is 0.143 e. The van der Waals surface area contributed by atoms with E-state index in [0.717, 1.165) is 21.3 Å². The van der Waals surface area contributed by atoms with Crippen molar-refractivity contribution >= 4 is 49.3 Å². The number of anilines is 1. The van der Waals surface area contributed by atoms with Gasteiger partial charge in [0.05, 0.1) is 4.47 Å². The van der Waals surface area contributed by atoms with Crippen LogP contribution in [-0.4, -0.2) is 23.5 Å². The molecule has 2 nitrogen and oxygen atoms in total. The average molecular weight is 397 g/mol. The number of aromatic nitrogens is 1. The predicted octanol–water partition coefficient (Wildman–Crippen LogP) is 4.98. The molecule has 1 fully saturated rings. The van der Waals surface area contributed by atoms with E-state index in [-0.39, 0.29) is 0 Å². The van der Waals surface area contributed by atoms with Gasteiger partial charge in [0.1, 0.15) is 5.82 Å². The van der Waals surface area contributed by atoms with Gasteiger partial charge in [-0.05, 0) is 50.8 Å². The minimum absolute atomic E-state index is 0.586. The first-order valence-electron chi connectivity index (χ1n) is 6.36. The second-order valence-corrected chi connectivity index (χ2v) is 6.78. The molecule has 0 bridgehead atoms. The molecule has 5 heteroatoms. The molecule has 0 spiro atoms. The van der Waals surface area contributed by atoms with E-state index in [4.69, 9.17) is 11.6 Å². The molecule has 0 atom stereocenters. The minimum Gasteiger partial charge on any atom is -0.352 e. The van der Waals surface area contributed by atoms with Crippen LogP contribution in [0.3, 0.4) is 0 Å². The van der Waals surface area contributed by atoms with Crippen molar-refractivity contribution in [2.24, 2.45) is 0 Å². The van der Waals surface area contributed by atoms with E-state index in [0.29, 0.717) is 11.9 Å². The zero-order valence-corrected chi connectivity index (χ0v) is 14.1. The smallest absolute Gasteiger partial charge is 0.143 e. The normalized spacial score (nSPS) is 16.8. The van der Waals surface area contributed by atoms with E-state index in [1.165, 1.54) is 32.1 Å². The van der Waals surface area contributed by atoms with Crippen LogP contribution in [0, 0.1) is 0 Å². The third-order valence-electron chi connectivity index (χ3n) is 3.40. The molecule has 1 heterocycles. The summed E-state index contributed by atoms with van der Waals surface area (Å²) in [7, 11) is 0. The van der Waals surface area contributed by atoms with Crippen molar-refractivity contribution in [2.45, 2.75) is 38.1 Å². The van der Waals surface area contributed by atoms with Crippen LogP contribution >= 0.6 is 43.5 Å². The summed E-state index contributed by atoms with van der Waals surface area (Å²) in [4.78, 5) is 6.91. The molecule has 0 saturated heterocycles. The lowest BCUT2D eigenvalue weighted by Crippen LogP contribution is -2.39. The Bertz CT molecular complexity index is 395. The Labute approximate surface area is 130 Å².